The highest BCUT2D eigenvalue weighted by atomic mass is 79.9. The quantitative estimate of drug-likeness (QED) is 0.525. The van der Waals surface area contributed by atoms with Crippen LogP contribution in [0.5, 0.6) is 0 Å². The largest absolute Gasteiger partial charge is 0.348 e. The molecule has 2 heterocycles. The smallest absolute Gasteiger partial charge is 0.331 e. The Kier molecular flexibility index (Phi) is 6.47. The second-order valence-electron chi connectivity index (χ2n) is 7.45. The second kappa shape index (κ2) is 9.47. The first-order chi connectivity index (χ1) is 15.9. The van der Waals surface area contributed by atoms with Crippen LogP contribution in [0.3, 0.4) is 0 Å². The van der Waals surface area contributed by atoms with E-state index < -0.39 is 11.2 Å². The van der Waals surface area contributed by atoms with E-state index in [1.165, 1.54) is 27.5 Å². The summed E-state index contributed by atoms with van der Waals surface area (Å²) < 4.78 is 3.51. The SMILES string of the molecule is CON1C=CC(CNC(=O)c2ccc3c(c2)c(=O)n(Cc2ccc(Br)cc2)c(=O)n3C)=CN1. The zero-order valence-corrected chi connectivity index (χ0v) is 19.6. The van der Waals surface area contributed by atoms with E-state index in [1.807, 2.05) is 24.3 Å². The van der Waals surface area contributed by atoms with Crippen LogP contribution in [0.25, 0.3) is 10.9 Å². The van der Waals surface area contributed by atoms with Gasteiger partial charge in [-0.1, -0.05) is 28.1 Å². The van der Waals surface area contributed by atoms with Crippen LogP contribution in [0.1, 0.15) is 15.9 Å². The van der Waals surface area contributed by atoms with Gasteiger partial charge in [-0.2, -0.15) is 5.17 Å². The Morgan fingerprint density at radius 2 is 1.91 bits per heavy atom. The Balaban J connectivity index is 1.61. The summed E-state index contributed by atoms with van der Waals surface area (Å²) in [6.45, 7) is 0.427. The average Bonchev–Trinajstić information content (AvgIpc) is 2.85. The van der Waals surface area contributed by atoms with Gasteiger partial charge in [0.2, 0.25) is 0 Å². The van der Waals surface area contributed by atoms with Crippen molar-refractivity contribution < 1.29 is 9.63 Å². The molecule has 0 atom stereocenters. The van der Waals surface area contributed by atoms with E-state index in [0.717, 1.165) is 15.6 Å². The zero-order chi connectivity index (χ0) is 23.5. The first-order valence-electron chi connectivity index (χ1n) is 10.1. The number of hydroxylamine groups is 1. The molecule has 1 aliphatic heterocycles. The van der Waals surface area contributed by atoms with Gasteiger partial charge in [0, 0.05) is 29.8 Å². The van der Waals surface area contributed by atoms with E-state index in [1.54, 1.807) is 37.7 Å². The van der Waals surface area contributed by atoms with Crippen LogP contribution in [0.4, 0.5) is 0 Å². The minimum absolute atomic E-state index is 0.136. The first-order valence-corrected chi connectivity index (χ1v) is 10.9. The van der Waals surface area contributed by atoms with Crippen molar-refractivity contribution >= 4 is 32.7 Å². The zero-order valence-electron chi connectivity index (χ0n) is 18.0. The van der Waals surface area contributed by atoms with E-state index in [2.05, 4.69) is 26.7 Å². The molecule has 170 valence electrons. The van der Waals surface area contributed by atoms with Gasteiger partial charge in [0.15, 0.2) is 0 Å². The molecule has 0 aliphatic carbocycles. The molecule has 10 heteroatoms. The molecule has 0 saturated carbocycles. The number of aromatic nitrogens is 2. The lowest BCUT2D eigenvalue weighted by Gasteiger charge is -2.21. The monoisotopic (exact) mass is 511 g/mol. The molecule has 1 amide bonds. The molecular weight excluding hydrogens is 490 g/mol. The first kappa shape index (κ1) is 22.6. The van der Waals surface area contributed by atoms with Crippen molar-refractivity contribution in [3.63, 3.8) is 0 Å². The van der Waals surface area contributed by atoms with Crippen LogP contribution in [0.15, 0.2) is 80.6 Å². The number of carbonyl (C=O) groups excluding carboxylic acids is 1. The van der Waals surface area contributed by atoms with E-state index in [4.69, 9.17) is 4.84 Å². The van der Waals surface area contributed by atoms with Crippen LogP contribution >= 0.6 is 15.9 Å². The number of rotatable bonds is 6. The number of hydrazine groups is 1. The Labute approximate surface area is 197 Å². The Morgan fingerprint density at radius 1 is 1.15 bits per heavy atom. The van der Waals surface area contributed by atoms with Gasteiger partial charge in [-0.15, -0.1) is 0 Å². The Bertz CT molecular complexity index is 1390. The molecule has 0 unspecified atom stereocenters. The van der Waals surface area contributed by atoms with Crippen LogP contribution in [0.2, 0.25) is 0 Å². The summed E-state index contributed by atoms with van der Waals surface area (Å²) in [6, 6.07) is 12.2. The molecule has 4 rings (SSSR count). The van der Waals surface area contributed by atoms with Gasteiger partial charge in [0.1, 0.15) is 0 Å². The Morgan fingerprint density at radius 3 is 2.58 bits per heavy atom. The predicted octanol–water partition coefficient (Wildman–Crippen LogP) is 2.02. The summed E-state index contributed by atoms with van der Waals surface area (Å²) >= 11 is 3.38. The normalized spacial score (nSPS) is 13.1. The van der Waals surface area contributed by atoms with Crippen LogP contribution < -0.4 is 22.0 Å². The van der Waals surface area contributed by atoms with E-state index in [9.17, 15) is 14.4 Å². The molecule has 1 aromatic heterocycles. The number of hydrogen-bond donors (Lipinski definition) is 2. The van der Waals surface area contributed by atoms with Gasteiger partial charge in [-0.05, 0) is 47.5 Å². The van der Waals surface area contributed by atoms with Crippen LogP contribution in [0, 0.1) is 0 Å². The molecule has 1 aliphatic rings. The molecule has 0 radical (unpaired) electrons. The van der Waals surface area contributed by atoms with Gasteiger partial charge in [-0.25, -0.2) is 4.79 Å². The highest BCUT2D eigenvalue weighted by Crippen LogP contribution is 2.13. The summed E-state index contributed by atoms with van der Waals surface area (Å²) in [4.78, 5) is 43.7. The fourth-order valence-corrected chi connectivity index (χ4v) is 3.74. The van der Waals surface area contributed by atoms with Crippen molar-refractivity contribution in [3.05, 3.63) is 103 Å². The van der Waals surface area contributed by atoms with E-state index in [0.29, 0.717) is 23.0 Å². The number of benzene rings is 2. The third-order valence-corrected chi connectivity index (χ3v) is 5.85. The fraction of sp³-hybridized carbons (Fsp3) is 0.174. The molecule has 3 aromatic rings. The maximum atomic E-state index is 13.2. The van der Waals surface area contributed by atoms with Crippen molar-refractivity contribution in [3.8, 4) is 0 Å². The van der Waals surface area contributed by atoms with Crippen molar-refractivity contribution in [2.45, 2.75) is 6.54 Å². The fourth-order valence-electron chi connectivity index (χ4n) is 3.48. The third kappa shape index (κ3) is 4.76. The topological polar surface area (TPSA) is 97.6 Å². The number of hydrogen-bond acceptors (Lipinski definition) is 6. The lowest BCUT2D eigenvalue weighted by Crippen LogP contribution is -2.39. The molecular formula is C23H22BrN5O4. The van der Waals surface area contributed by atoms with Gasteiger partial charge >= 0.3 is 5.69 Å². The summed E-state index contributed by atoms with van der Waals surface area (Å²) in [5.74, 6) is -0.326. The molecule has 0 spiro atoms. The summed E-state index contributed by atoms with van der Waals surface area (Å²) in [7, 11) is 3.14. The van der Waals surface area contributed by atoms with Gasteiger partial charge in [-0.3, -0.25) is 29.0 Å². The minimum atomic E-state index is -0.438. The molecule has 0 saturated heterocycles. The highest BCUT2D eigenvalue weighted by molar-refractivity contribution is 9.10. The highest BCUT2D eigenvalue weighted by Gasteiger charge is 2.15. The number of nitrogens with zero attached hydrogens (tertiary/aromatic N) is 3. The van der Waals surface area contributed by atoms with E-state index >= 15 is 0 Å². The van der Waals surface area contributed by atoms with Crippen molar-refractivity contribution in [1.82, 2.24) is 25.0 Å². The molecule has 9 nitrogen and oxygen atoms in total. The van der Waals surface area contributed by atoms with Crippen molar-refractivity contribution in [1.29, 1.82) is 0 Å². The van der Waals surface area contributed by atoms with Gasteiger partial charge in [0.25, 0.3) is 11.5 Å². The predicted molar refractivity (Wildman–Crippen MR) is 128 cm³/mol. The number of fused-ring (bicyclic) bond motifs is 1. The minimum Gasteiger partial charge on any atom is -0.348 e. The standard InChI is InChI=1S/C23H22BrN5O4/c1-27-20-8-5-17(21(30)25-12-16-9-10-29(33-2)26-13-16)11-19(20)22(31)28(23(27)32)14-15-3-6-18(24)7-4-15/h3-11,13,26H,12,14H2,1-2H3,(H,25,30). The van der Waals surface area contributed by atoms with Crippen molar-refractivity contribution in [2.24, 2.45) is 7.05 Å². The average molecular weight is 512 g/mol. The van der Waals surface area contributed by atoms with Crippen LogP contribution in [-0.2, 0) is 18.4 Å². The maximum Gasteiger partial charge on any atom is 0.331 e. The number of amides is 1. The van der Waals surface area contributed by atoms with Gasteiger partial charge in [0.05, 0.1) is 30.8 Å². The van der Waals surface area contributed by atoms with Crippen LogP contribution in [-0.4, -0.2) is 33.9 Å². The number of carbonyl (C=O) groups is 1. The summed E-state index contributed by atoms with van der Waals surface area (Å²) in [5, 5.41) is 4.55. The Hall–Kier alpha value is -3.63. The van der Waals surface area contributed by atoms with Gasteiger partial charge < -0.3 is 5.32 Å². The number of nitrogens with one attached hydrogen (secondary N) is 2. The molecule has 2 N–H and O–H groups in total. The summed E-state index contributed by atoms with van der Waals surface area (Å²) in [5.41, 5.74) is 4.50. The number of aryl methyl sites for hydroxylation is 1. The lowest BCUT2D eigenvalue weighted by atomic mass is 10.1. The number of halogens is 1. The van der Waals surface area contributed by atoms with E-state index in [-0.39, 0.29) is 12.5 Å². The summed E-state index contributed by atoms with van der Waals surface area (Å²) in [6.07, 6.45) is 5.20. The maximum absolute atomic E-state index is 13.2. The molecule has 2 aromatic carbocycles. The third-order valence-electron chi connectivity index (χ3n) is 5.32. The molecule has 33 heavy (non-hydrogen) atoms. The lowest BCUT2D eigenvalue weighted by molar-refractivity contribution is -0.119. The van der Waals surface area contributed by atoms with Crippen molar-refractivity contribution in [2.75, 3.05) is 13.7 Å². The molecule has 0 bridgehead atoms. The second-order valence-corrected chi connectivity index (χ2v) is 8.36. The molecule has 0 fully saturated rings.